The molecule has 0 atom stereocenters. The van der Waals surface area contributed by atoms with Gasteiger partial charge in [0.05, 0.1) is 17.9 Å². The fourth-order valence-corrected chi connectivity index (χ4v) is 4.88. The van der Waals surface area contributed by atoms with Crippen LogP contribution in [-0.2, 0) is 0 Å². The summed E-state index contributed by atoms with van der Waals surface area (Å²) in [5, 5.41) is 9.20. The topological polar surface area (TPSA) is 65.2 Å². The van der Waals surface area contributed by atoms with Crippen LogP contribution in [0.25, 0.3) is 10.8 Å². The summed E-state index contributed by atoms with van der Waals surface area (Å²) in [6.07, 6.45) is 0. The van der Waals surface area contributed by atoms with E-state index in [1.807, 2.05) is 66.7 Å². The number of benzene rings is 4. The Morgan fingerprint density at radius 3 is 2.56 bits per heavy atom. The zero-order valence-electron chi connectivity index (χ0n) is 17.0. The Bertz CT molecular complexity index is 1330. The van der Waals surface area contributed by atoms with E-state index < -0.39 is 0 Å². The molecule has 0 saturated heterocycles. The monoisotopic (exact) mass is 456 g/mol. The first-order chi connectivity index (χ1) is 15.7. The number of thiocarbonyl (C=S) groups is 1. The normalized spacial score (nSPS) is 11.8. The van der Waals surface area contributed by atoms with Crippen molar-refractivity contribution in [1.29, 1.82) is 0 Å². The van der Waals surface area contributed by atoms with E-state index in [1.54, 1.807) is 11.8 Å². The molecule has 1 aliphatic rings. The number of rotatable bonds is 5. The van der Waals surface area contributed by atoms with Crippen LogP contribution in [0, 0.1) is 0 Å². The van der Waals surface area contributed by atoms with Gasteiger partial charge >= 0.3 is 0 Å². The van der Waals surface area contributed by atoms with Gasteiger partial charge in [0.1, 0.15) is 0 Å². The van der Waals surface area contributed by atoms with E-state index in [1.165, 1.54) is 0 Å². The number of hydrazine groups is 1. The number of hydrogen-bond donors (Lipinski definition) is 4. The molecule has 1 heterocycles. The number of carbonyl (C=O) groups excluding carboxylic acids is 1. The van der Waals surface area contributed by atoms with Crippen LogP contribution >= 0.6 is 24.0 Å². The lowest BCUT2D eigenvalue weighted by Gasteiger charge is -2.23. The lowest BCUT2D eigenvalue weighted by molar-refractivity contribution is 0.0990. The van der Waals surface area contributed by atoms with Crippen molar-refractivity contribution in [3.05, 3.63) is 90.5 Å². The van der Waals surface area contributed by atoms with Gasteiger partial charge in [0.2, 0.25) is 0 Å². The van der Waals surface area contributed by atoms with Crippen LogP contribution in [0.1, 0.15) is 10.4 Å². The highest BCUT2D eigenvalue weighted by Crippen LogP contribution is 2.45. The number of nitrogens with one attached hydrogen (secondary N) is 4. The first kappa shape index (κ1) is 20.5. The molecular weight excluding hydrogens is 436 g/mol. The Balaban J connectivity index is 1.22. The van der Waals surface area contributed by atoms with Gasteiger partial charge in [-0.05, 0) is 47.9 Å². The Kier molecular flexibility index (Phi) is 5.77. The largest absolute Gasteiger partial charge is 0.353 e. The molecule has 1 aliphatic heterocycles. The Morgan fingerprint density at radius 2 is 1.62 bits per heavy atom. The summed E-state index contributed by atoms with van der Waals surface area (Å²) >= 11 is 7.06. The fourth-order valence-electron chi connectivity index (χ4n) is 3.68. The lowest BCUT2D eigenvalue weighted by atomic mass is 10.1. The Morgan fingerprint density at radius 1 is 0.875 bits per heavy atom. The minimum Gasteiger partial charge on any atom is -0.353 e. The van der Waals surface area contributed by atoms with E-state index in [9.17, 15) is 4.79 Å². The van der Waals surface area contributed by atoms with E-state index in [2.05, 4.69) is 39.7 Å². The van der Waals surface area contributed by atoms with E-state index in [4.69, 9.17) is 12.2 Å². The standard InChI is InChI=1S/C25H20N4OS2/c30-21(18-10-6-14-23-24(18)27-20-11-3-4-13-22(20)32-23)15-26-29-25(31)28-19-12-5-8-16-7-1-2-9-17(16)19/h1-14,26-27H,15H2,(H2,28,29,31). The molecule has 5 rings (SSSR count). The highest BCUT2D eigenvalue weighted by atomic mass is 32.2. The Hall–Kier alpha value is -3.39. The average molecular weight is 457 g/mol. The molecule has 0 aromatic heterocycles. The predicted octanol–water partition coefficient (Wildman–Crippen LogP) is 5.72. The van der Waals surface area contributed by atoms with Gasteiger partial charge in [-0.15, -0.1) is 0 Å². The van der Waals surface area contributed by atoms with E-state index >= 15 is 0 Å². The number of hydrogen-bond acceptors (Lipinski definition) is 5. The molecule has 0 fully saturated rings. The number of anilines is 3. The van der Waals surface area contributed by atoms with Gasteiger partial charge < -0.3 is 10.6 Å². The first-order valence-electron chi connectivity index (χ1n) is 10.2. The van der Waals surface area contributed by atoms with Crippen molar-refractivity contribution in [1.82, 2.24) is 10.9 Å². The maximum Gasteiger partial charge on any atom is 0.185 e. The molecule has 0 amide bonds. The van der Waals surface area contributed by atoms with Gasteiger partial charge in [-0.1, -0.05) is 66.4 Å². The van der Waals surface area contributed by atoms with Crippen LogP contribution in [0.4, 0.5) is 17.1 Å². The molecule has 5 nitrogen and oxygen atoms in total. The molecule has 7 heteroatoms. The zero-order valence-corrected chi connectivity index (χ0v) is 18.6. The van der Waals surface area contributed by atoms with Gasteiger partial charge in [0, 0.05) is 26.4 Å². The highest BCUT2D eigenvalue weighted by molar-refractivity contribution is 7.99. The highest BCUT2D eigenvalue weighted by Gasteiger charge is 2.21. The van der Waals surface area contributed by atoms with Crippen LogP contribution in [-0.4, -0.2) is 17.4 Å². The van der Waals surface area contributed by atoms with E-state index in [0.29, 0.717) is 10.7 Å². The summed E-state index contributed by atoms with van der Waals surface area (Å²) in [5.41, 5.74) is 9.27. The molecule has 4 aromatic carbocycles. The van der Waals surface area contributed by atoms with Crippen LogP contribution < -0.4 is 21.5 Å². The second kappa shape index (κ2) is 9.00. The van der Waals surface area contributed by atoms with Crippen molar-refractivity contribution < 1.29 is 4.79 Å². The molecule has 0 aliphatic carbocycles. The molecule has 0 saturated carbocycles. The third kappa shape index (κ3) is 4.18. The van der Waals surface area contributed by atoms with Gasteiger partial charge in [0.25, 0.3) is 0 Å². The molecule has 0 unspecified atom stereocenters. The number of Topliss-reactive ketones (excluding diaryl/α,β-unsaturated/α-hetero) is 1. The zero-order chi connectivity index (χ0) is 21.9. The molecule has 32 heavy (non-hydrogen) atoms. The summed E-state index contributed by atoms with van der Waals surface area (Å²) in [6.45, 7) is 0.0990. The average Bonchev–Trinajstić information content (AvgIpc) is 2.82. The van der Waals surface area contributed by atoms with Gasteiger partial charge in [-0.3, -0.25) is 10.2 Å². The van der Waals surface area contributed by atoms with Crippen molar-refractivity contribution >= 4 is 62.7 Å². The number of para-hydroxylation sites is 2. The van der Waals surface area contributed by atoms with E-state index in [0.717, 1.165) is 37.6 Å². The number of fused-ring (bicyclic) bond motifs is 3. The summed E-state index contributed by atoms with van der Waals surface area (Å²) in [6, 6.07) is 28.0. The maximum absolute atomic E-state index is 12.9. The summed E-state index contributed by atoms with van der Waals surface area (Å²) in [7, 11) is 0. The molecule has 158 valence electrons. The quantitative estimate of drug-likeness (QED) is 0.153. The van der Waals surface area contributed by atoms with E-state index in [-0.39, 0.29) is 12.3 Å². The van der Waals surface area contributed by atoms with Crippen molar-refractivity contribution in [3.63, 3.8) is 0 Å². The minimum atomic E-state index is -0.0326. The third-order valence-corrected chi connectivity index (χ3v) is 6.52. The fraction of sp³-hybridized carbons (Fsp3) is 0.0400. The summed E-state index contributed by atoms with van der Waals surface area (Å²) in [5.74, 6) is -0.0326. The van der Waals surface area contributed by atoms with Crippen LogP contribution in [0.5, 0.6) is 0 Å². The van der Waals surface area contributed by atoms with Crippen molar-refractivity contribution in [2.45, 2.75) is 9.79 Å². The van der Waals surface area contributed by atoms with Crippen molar-refractivity contribution in [3.8, 4) is 0 Å². The lowest BCUT2D eigenvalue weighted by Crippen LogP contribution is -2.42. The van der Waals surface area contributed by atoms with Gasteiger partial charge in [0.15, 0.2) is 10.9 Å². The SMILES string of the molecule is O=C(CNNC(=S)Nc1cccc2ccccc12)c1cccc2c1Nc1ccccc1S2. The molecule has 4 N–H and O–H groups in total. The summed E-state index contributed by atoms with van der Waals surface area (Å²) in [4.78, 5) is 15.1. The molecular formula is C25H20N4OS2. The van der Waals surface area contributed by atoms with Crippen molar-refractivity contribution in [2.75, 3.05) is 17.2 Å². The smallest absolute Gasteiger partial charge is 0.185 e. The summed E-state index contributed by atoms with van der Waals surface area (Å²) < 4.78 is 0. The van der Waals surface area contributed by atoms with Crippen LogP contribution in [0.15, 0.2) is 94.7 Å². The predicted molar refractivity (Wildman–Crippen MR) is 136 cm³/mol. The number of ketones is 1. The van der Waals surface area contributed by atoms with Crippen LogP contribution in [0.2, 0.25) is 0 Å². The van der Waals surface area contributed by atoms with Gasteiger partial charge in [-0.25, -0.2) is 5.43 Å². The Labute approximate surface area is 195 Å². The maximum atomic E-state index is 12.9. The van der Waals surface area contributed by atoms with Crippen molar-refractivity contribution in [2.24, 2.45) is 0 Å². The molecule has 0 bridgehead atoms. The second-order valence-electron chi connectivity index (χ2n) is 7.28. The molecule has 4 aromatic rings. The second-order valence-corrected chi connectivity index (χ2v) is 8.78. The minimum absolute atomic E-state index is 0.0326. The third-order valence-electron chi connectivity index (χ3n) is 5.18. The first-order valence-corrected chi connectivity index (χ1v) is 11.4. The number of carbonyl (C=O) groups is 1. The molecule has 0 spiro atoms. The van der Waals surface area contributed by atoms with Gasteiger partial charge in [-0.2, -0.15) is 0 Å². The molecule has 0 radical (unpaired) electrons. The van der Waals surface area contributed by atoms with Crippen LogP contribution in [0.3, 0.4) is 0 Å².